The topological polar surface area (TPSA) is 65.1 Å². The molecule has 1 aliphatic heterocycles. The molecule has 0 amide bonds. The molecule has 1 aliphatic rings. The molecule has 4 rings (SSSR count). The molecule has 0 spiro atoms. The third-order valence-corrected chi connectivity index (χ3v) is 6.61. The summed E-state index contributed by atoms with van der Waals surface area (Å²) in [4.78, 5) is 33.9. The Morgan fingerprint density at radius 2 is 1.26 bits per heavy atom. The lowest BCUT2D eigenvalue weighted by Gasteiger charge is -2.52. The van der Waals surface area contributed by atoms with Crippen LogP contribution in [0.4, 0.5) is 0 Å². The quantitative estimate of drug-likeness (QED) is 0.387. The van der Waals surface area contributed by atoms with Gasteiger partial charge in [-0.3, -0.25) is 14.4 Å². The van der Waals surface area contributed by atoms with E-state index in [4.69, 9.17) is 14.3 Å². The molecular weight excluding hydrogens is 430 g/mol. The van der Waals surface area contributed by atoms with Crippen LogP contribution < -0.4 is 0 Å². The van der Waals surface area contributed by atoms with Crippen LogP contribution in [0.3, 0.4) is 0 Å². The number of esters is 2. The average Bonchev–Trinajstić information content (AvgIpc) is 2.90. The van der Waals surface area contributed by atoms with E-state index in [9.17, 15) is 9.59 Å². The van der Waals surface area contributed by atoms with Crippen LogP contribution in [0, 0.1) is 11.3 Å². The predicted molar refractivity (Wildman–Crippen MR) is 127 cm³/mol. The van der Waals surface area contributed by atoms with Gasteiger partial charge >= 0.3 is 11.9 Å². The van der Waals surface area contributed by atoms with Crippen LogP contribution in [0.15, 0.2) is 91.0 Å². The Balaban J connectivity index is 1.95. The van der Waals surface area contributed by atoms with Gasteiger partial charge in [0.25, 0.3) is 0 Å². The molecule has 1 saturated heterocycles. The van der Waals surface area contributed by atoms with Crippen molar-refractivity contribution >= 4 is 11.9 Å². The predicted octanol–water partition coefficient (Wildman–Crippen LogP) is 4.88. The molecule has 3 aromatic rings. The van der Waals surface area contributed by atoms with Crippen LogP contribution >= 0.6 is 0 Å². The molecule has 1 heterocycles. The maximum absolute atomic E-state index is 13.7. The second kappa shape index (κ2) is 10.2. The fourth-order valence-corrected chi connectivity index (χ4v) is 4.98. The summed E-state index contributed by atoms with van der Waals surface area (Å²) in [5.41, 5.74) is 0.927. The fraction of sp³-hybridized carbons (Fsp3) is 0.286. The maximum Gasteiger partial charge on any atom is 0.325 e. The molecule has 6 nitrogen and oxygen atoms in total. The molecular formula is C28H29NO5. The Bertz CT molecular complexity index is 1090. The highest BCUT2D eigenvalue weighted by Crippen LogP contribution is 2.56. The number of hydrogen-bond acceptors (Lipinski definition) is 6. The summed E-state index contributed by atoms with van der Waals surface area (Å²) in [5.74, 6) is -1.89. The number of hydroxylamine groups is 2. The first kappa shape index (κ1) is 23.7. The molecule has 34 heavy (non-hydrogen) atoms. The van der Waals surface area contributed by atoms with E-state index in [2.05, 4.69) is 0 Å². The zero-order valence-corrected chi connectivity index (χ0v) is 19.6. The van der Waals surface area contributed by atoms with Gasteiger partial charge in [0.1, 0.15) is 6.10 Å². The monoisotopic (exact) mass is 459 g/mol. The Morgan fingerprint density at radius 3 is 1.76 bits per heavy atom. The van der Waals surface area contributed by atoms with Crippen molar-refractivity contribution in [2.24, 2.45) is 11.3 Å². The average molecular weight is 460 g/mol. The van der Waals surface area contributed by atoms with Gasteiger partial charge in [0.15, 0.2) is 5.41 Å². The van der Waals surface area contributed by atoms with E-state index in [0.29, 0.717) is 6.54 Å². The van der Waals surface area contributed by atoms with Gasteiger partial charge in [0, 0.05) is 12.5 Å². The molecule has 0 N–H and O–H groups in total. The standard InChI is InChI=1S/C28H29NO5/c1-20-24(22-15-9-5-10-16-22)34-29(19-21-13-7-4-8-14-21)25(23-17-11-6-12-18-23)28(20,26(30)32-2)27(31)33-3/h4-18,20,24-25H,19H2,1-3H3/t20-,24-,25-/m1/s1. The number of benzene rings is 3. The number of nitrogens with zero attached hydrogens (tertiary/aromatic N) is 1. The van der Waals surface area contributed by atoms with Crippen LogP contribution in [0.1, 0.15) is 35.8 Å². The van der Waals surface area contributed by atoms with Gasteiger partial charge in [-0.05, 0) is 16.7 Å². The highest BCUT2D eigenvalue weighted by atomic mass is 16.7. The van der Waals surface area contributed by atoms with Crippen molar-refractivity contribution in [2.75, 3.05) is 14.2 Å². The summed E-state index contributed by atoms with van der Waals surface area (Å²) in [6.07, 6.45) is -0.580. The summed E-state index contributed by atoms with van der Waals surface area (Å²) in [5, 5.41) is 1.73. The van der Waals surface area contributed by atoms with Crippen LogP contribution in [0.2, 0.25) is 0 Å². The van der Waals surface area contributed by atoms with Crippen molar-refractivity contribution in [3.05, 3.63) is 108 Å². The summed E-state index contributed by atoms with van der Waals surface area (Å²) >= 11 is 0. The van der Waals surface area contributed by atoms with E-state index in [1.165, 1.54) is 14.2 Å². The third kappa shape index (κ3) is 4.11. The van der Waals surface area contributed by atoms with E-state index in [1.807, 2.05) is 97.9 Å². The normalized spacial score (nSPS) is 22.0. The van der Waals surface area contributed by atoms with Gasteiger partial charge in [-0.25, -0.2) is 0 Å². The molecule has 0 unspecified atom stereocenters. The minimum Gasteiger partial charge on any atom is -0.468 e. The second-order valence-electron chi connectivity index (χ2n) is 8.45. The number of hydrogen-bond donors (Lipinski definition) is 0. The van der Waals surface area contributed by atoms with E-state index >= 15 is 0 Å². The van der Waals surface area contributed by atoms with Crippen molar-refractivity contribution in [3.8, 4) is 0 Å². The number of carbonyl (C=O) groups excluding carboxylic acids is 2. The lowest BCUT2D eigenvalue weighted by molar-refractivity contribution is -0.313. The van der Waals surface area contributed by atoms with E-state index in [1.54, 1.807) is 5.06 Å². The first-order valence-electron chi connectivity index (χ1n) is 11.3. The van der Waals surface area contributed by atoms with E-state index in [0.717, 1.165) is 16.7 Å². The molecule has 0 aliphatic carbocycles. The molecule has 0 aromatic heterocycles. The van der Waals surface area contributed by atoms with Crippen LogP contribution in [-0.4, -0.2) is 31.2 Å². The van der Waals surface area contributed by atoms with Gasteiger partial charge in [-0.15, -0.1) is 0 Å². The van der Waals surface area contributed by atoms with Gasteiger partial charge in [-0.1, -0.05) is 97.9 Å². The molecule has 3 atom stereocenters. The zero-order valence-electron chi connectivity index (χ0n) is 19.6. The largest absolute Gasteiger partial charge is 0.468 e. The number of carbonyl (C=O) groups is 2. The molecule has 0 saturated carbocycles. The molecule has 1 fully saturated rings. The molecule has 0 radical (unpaired) electrons. The van der Waals surface area contributed by atoms with Crippen LogP contribution in [0.25, 0.3) is 0 Å². The first-order valence-corrected chi connectivity index (χ1v) is 11.3. The van der Waals surface area contributed by atoms with Gasteiger partial charge in [-0.2, -0.15) is 5.06 Å². The van der Waals surface area contributed by atoms with Crippen molar-refractivity contribution in [1.82, 2.24) is 5.06 Å². The maximum atomic E-state index is 13.7. The number of ether oxygens (including phenoxy) is 2. The Morgan fingerprint density at radius 1 is 0.794 bits per heavy atom. The van der Waals surface area contributed by atoms with Crippen molar-refractivity contribution in [2.45, 2.75) is 25.6 Å². The van der Waals surface area contributed by atoms with Gasteiger partial charge < -0.3 is 9.47 Å². The SMILES string of the molecule is COC(=O)C1(C(=O)OC)[C@H](C)[C@H](c2ccccc2)ON(Cc2ccccc2)[C@@H]1c1ccccc1. The molecule has 3 aromatic carbocycles. The number of rotatable bonds is 6. The summed E-state index contributed by atoms with van der Waals surface area (Å²) in [6, 6.07) is 28.1. The highest BCUT2D eigenvalue weighted by Gasteiger charge is 2.66. The first-order chi connectivity index (χ1) is 16.5. The Hall–Kier alpha value is -3.48. The van der Waals surface area contributed by atoms with Crippen LogP contribution in [0.5, 0.6) is 0 Å². The fourth-order valence-electron chi connectivity index (χ4n) is 4.98. The lowest BCUT2D eigenvalue weighted by Crippen LogP contribution is -2.60. The second-order valence-corrected chi connectivity index (χ2v) is 8.45. The molecule has 176 valence electrons. The minimum absolute atomic E-state index is 0.353. The Labute approximate surface area is 200 Å². The third-order valence-electron chi connectivity index (χ3n) is 6.61. The van der Waals surface area contributed by atoms with E-state index in [-0.39, 0.29) is 0 Å². The summed E-state index contributed by atoms with van der Waals surface area (Å²) < 4.78 is 10.6. The van der Waals surface area contributed by atoms with Crippen molar-refractivity contribution < 1.29 is 23.9 Å². The van der Waals surface area contributed by atoms with E-state index < -0.39 is 35.4 Å². The molecule has 6 heteroatoms. The lowest BCUT2D eigenvalue weighted by atomic mass is 9.64. The van der Waals surface area contributed by atoms with Gasteiger partial charge in [0.2, 0.25) is 0 Å². The number of methoxy groups -OCH3 is 2. The summed E-state index contributed by atoms with van der Waals surface area (Å²) in [7, 11) is 2.60. The van der Waals surface area contributed by atoms with Crippen molar-refractivity contribution in [1.29, 1.82) is 0 Å². The summed E-state index contributed by atoms with van der Waals surface area (Å²) in [6.45, 7) is 2.20. The van der Waals surface area contributed by atoms with Gasteiger partial charge in [0.05, 0.1) is 20.3 Å². The molecule has 0 bridgehead atoms. The smallest absolute Gasteiger partial charge is 0.325 e. The highest BCUT2D eigenvalue weighted by molar-refractivity contribution is 6.01. The zero-order chi connectivity index (χ0) is 24.1. The van der Waals surface area contributed by atoms with Crippen LogP contribution in [-0.2, 0) is 30.4 Å². The van der Waals surface area contributed by atoms with Crippen molar-refractivity contribution in [3.63, 3.8) is 0 Å². The Kier molecular flexibility index (Phi) is 7.10. The minimum atomic E-state index is -1.67.